The van der Waals surface area contributed by atoms with Gasteiger partial charge in [0, 0.05) is 0 Å². The van der Waals surface area contributed by atoms with E-state index < -0.39 is 16.0 Å². The number of nitrogens with one attached hydrogen (secondary N) is 1. The van der Waals surface area contributed by atoms with Crippen LogP contribution in [0.3, 0.4) is 0 Å². The van der Waals surface area contributed by atoms with E-state index in [1.54, 1.807) is 0 Å². The zero-order valence-corrected chi connectivity index (χ0v) is 9.09. The van der Waals surface area contributed by atoms with E-state index in [4.69, 9.17) is 5.14 Å². The van der Waals surface area contributed by atoms with Gasteiger partial charge in [-0.2, -0.15) is 8.42 Å². The summed E-state index contributed by atoms with van der Waals surface area (Å²) in [6.45, 7) is 0. The second kappa shape index (κ2) is 4.07. The van der Waals surface area contributed by atoms with Crippen LogP contribution in [0.25, 0.3) is 5.69 Å². The SMILES string of the molecule is NS(=O)(=O)Nc1cc(-n2cnnn2)ccc1F. The van der Waals surface area contributed by atoms with Crippen LogP contribution in [-0.4, -0.2) is 28.6 Å². The van der Waals surface area contributed by atoms with Gasteiger partial charge in [-0.05, 0) is 28.6 Å². The molecule has 0 aliphatic carbocycles. The molecule has 0 radical (unpaired) electrons. The number of benzene rings is 1. The van der Waals surface area contributed by atoms with Gasteiger partial charge in [0.1, 0.15) is 12.1 Å². The molecule has 1 heterocycles. The monoisotopic (exact) mass is 258 g/mol. The molecule has 0 atom stereocenters. The molecule has 8 nitrogen and oxygen atoms in total. The summed E-state index contributed by atoms with van der Waals surface area (Å²) in [5.41, 5.74) is 0.114. The standard InChI is InChI=1S/C7H7FN6O2S/c8-6-2-1-5(14-4-10-12-13-14)3-7(6)11-17(9,15)16/h1-4,11H,(H2,9,15,16). The highest BCUT2D eigenvalue weighted by Crippen LogP contribution is 2.18. The maximum absolute atomic E-state index is 13.3. The first kappa shape index (κ1) is 11.4. The number of hydrogen-bond acceptors (Lipinski definition) is 5. The van der Waals surface area contributed by atoms with Crippen molar-refractivity contribution in [3.8, 4) is 5.69 Å². The molecule has 0 unspecified atom stereocenters. The summed E-state index contributed by atoms with van der Waals surface area (Å²) in [6, 6.07) is 3.68. The first-order chi connectivity index (χ1) is 7.96. The topological polar surface area (TPSA) is 116 Å². The summed E-state index contributed by atoms with van der Waals surface area (Å²) < 4.78 is 38.0. The molecule has 90 valence electrons. The molecule has 2 rings (SSSR count). The molecule has 17 heavy (non-hydrogen) atoms. The maximum atomic E-state index is 13.3. The van der Waals surface area contributed by atoms with Crippen LogP contribution in [0.5, 0.6) is 0 Å². The highest BCUT2D eigenvalue weighted by molar-refractivity contribution is 7.90. The number of anilines is 1. The molecule has 2 aromatic rings. The van der Waals surface area contributed by atoms with Crippen molar-refractivity contribution in [2.45, 2.75) is 0 Å². The minimum Gasteiger partial charge on any atom is -0.268 e. The molecule has 0 fully saturated rings. The number of tetrazole rings is 1. The fraction of sp³-hybridized carbons (Fsp3) is 0. The zero-order valence-electron chi connectivity index (χ0n) is 8.28. The van der Waals surface area contributed by atoms with E-state index >= 15 is 0 Å². The molecule has 1 aromatic heterocycles. The Balaban J connectivity index is 2.43. The second-order valence-electron chi connectivity index (χ2n) is 3.07. The molecule has 0 saturated heterocycles. The van der Waals surface area contributed by atoms with Crippen LogP contribution in [0, 0.1) is 5.82 Å². The largest absolute Gasteiger partial charge is 0.296 e. The summed E-state index contributed by atoms with van der Waals surface area (Å²) in [4.78, 5) is 0. The van der Waals surface area contributed by atoms with Crippen molar-refractivity contribution in [2.24, 2.45) is 5.14 Å². The van der Waals surface area contributed by atoms with E-state index in [2.05, 4.69) is 15.5 Å². The summed E-state index contributed by atoms with van der Waals surface area (Å²) in [6.07, 6.45) is 1.29. The summed E-state index contributed by atoms with van der Waals surface area (Å²) >= 11 is 0. The Morgan fingerprint density at radius 3 is 2.76 bits per heavy atom. The maximum Gasteiger partial charge on any atom is 0.296 e. The average molecular weight is 258 g/mol. The lowest BCUT2D eigenvalue weighted by molar-refractivity contribution is 0.600. The molecule has 10 heteroatoms. The van der Waals surface area contributed by atoms with Crippen LogP contribution in [0.4, 0.5) is 10.1 Å². The van der Waals surface area contributed by atoms with Crippen molar-refractivity contribution < 1.29 is 12.8 Å². The smallest absolute Gasteiger partial charge is 0.268 e. The Bertz CT molecular complexity index is 626. The van der Waals surface area contributed by atoms with Crippen LogP contribution in [0.1, 0.15) is 0 Å². The van der Waals surface area contributed by atoms with Gasteiger partial charge in [0.15, 0.2) is 0 Å². The summed E-state index contributed by atoms with van der Waals surface area (Å²) in [5, 5.41) is 15.1. The molecule has 0 amide bonds. The van der Waals surface area contributed by atoms with Crippen molar-refractivity contribution in [1.82, 2.24) is 20.2 Å². The lowest BCUT2D eigenvalue weighted by Crippen LogP contribution is -2.22. The Hall–Kier alpha value is -2.07. The highest BCUT2D eigenvalue weighted by Gasteiger charge is 2.10. The molecule has 0 spiro atoms. The summed E-state index contributed by atoms with van der Waals surface area (Å²) in [5.74, 6) is -0.754. The van der Waals surface area contributed by atoms with Crippen LogP contribution in [0.2, 0.25) is 0 Å². The van der Waals surface area contributed by atoms with E-state index in [1.165, 1.54) is 23.1 Å². The number of aromatic nitrogens is 4. The van der Waals surface area contributed by atoms with Gasteiger partial charge < -0.3 is 0 Å². The van der Waals surface area contributed by atoms with Crippen LogP contribution >= 0.6 is 0 Å². The Kier molecular flexibility index (Phi) is 2.73. The number of halogens is 1. The van der Waals surface area contributed by atoms with E-state index in [0.717, 1.165) is 6.07 Å². The van der Waals surface area contributed by atoms with Crippen molar-refractivity contribution in [1.29, 1.82) is 0 Å². The summed E-state index contributed by atoms with van der Waals surface area (Å²) in [7, 11) is -4.04. The van der Waals surface area contributed by atoms with Gasteiger partial charge in [-0.3, -0.25) is 4.72 Å². The quantitative estimate of drug-likeness (QED) is 0.763. The molecule has 0 saturated carbocycles. The molecule has 0 aliphatic heterocycles. The van der Waals surface area contributed by atoms with Gasteiger partial charge in [-0.1, -0.05) is 0 Å². The number of rotatable bonds is 3. The third-order valence-electron chi connectivity index (χ3n) is 1.82. The predicted octanol–water partition coefficient (Wildman–Crippen LogP) is -0.583. The van der Waals surface area contributed by atoms with Crippen molar-refractivity contribution in [3.05, 3.63) is 30.3 Å². The van der Waals surface area contributed by atoms with Crippen molar-refractivity contribution in [3.63, 3.8) is 0 Å². The van der Waals surface area contributed by atoms with Crippen LogP contribution in [0.15, 0.2) is 24.5 Å². The first-order valence-electron chi connectivity index (χ1n) is 4.29. The van der Waals surface area contributed by atoms with E-state index in [0.29, 0.717) is 5.69 Å². The van der Waals surface area contributed by atoms with Gasteiger partial charge in [0.05, 0.1) is 11.4 Å². The fourth-order valence-corrected chi connectivity index (χ4v) is 1.63. The number of nitrogens with zero attached hydrogens (tertiary/aromatic N) is 4. The van der Waals surface area contributed by atoms with Gasteiger partial charge in [0.2, 0.25) is 0 Å². The minimum atomic E-state index is -4.04. The normalized spacial score (nSPS) is 11.4. The average Bonchev–Trinajstić information content (AvgIpc) is 2.72. The van der Waals surface area contributed by atoms with Gasteiger partial charge in [-0.15, -0.1) is 5.10 Å². The van der Waals surface area contributed by atoms with E-state index in [1.807, 2.05) is 4.72 Å². The first-order valence-corrected chi connectivity index (χ1v) is 5.84. The van der Waals surface area contributed by atoms with Crippen LogP contribution in [-0.2, 0) is 10.2 Å². The highest BCUT2D eigenvalue weighted by atomic mass is 32.2. The second-order valence-corrected chi connectivity index (χ2v) is 4.36. The zero-order chi connectivity index (χ0) is 12.5. The van der Waals surface area contributed by atoms with Gasteiger partial charge in [-0.25, -0.2) is 14.2 Å². The third-order valence-corrected chi connectivity index (χ3v) is 2.32. The molecule has 0 bridgehead atoms. The number of hydrogen-bond donors (Lipinski definition) is 2. The van der Waals surface area contributed by atoms with Crippen LogP contribution < -0.4 is 9.86 Å². The Labute approximate surface area is 95.4 Å². The lowest BCUT2D eigenvalue weighted by Gasteiger charge is -2.06. The lowest BCUT2D eigenvalue weighted by atomic mass is 10.3. The van der Waals surface area contributed by atoms with E-state index in [9.17, 15) is 12.8 Å². The molecule has 1 aromatic carbocycles. The fourth-order valence-electron chi connectivity index (χ4n) is 1.17. The third kappa shape index (κ3) is 2.73. The molecule has 3 N–H and O–H groups in total. The van der Waals surface area contributed by atoms with E-state index in [-0.39, 0.29) is 5.69 Å². The number of nitrogens with two attached hydrogens (primary N) is 1. The Morgan fingerprint density at radius 2 is 2.18 bits per heavy atom. The van der Waals surface area contributed by atoms with Gasteiger partial charge >= 0.3 is 0 Å². The predicted molar refractivity (Wildman–Crippen MR) is 55.8 cm³/mol. The van der Waals surface area contributed by atoms with Crippen molar-refractivity contribution >= 4 is 15.9 Å². The minimum absolute atomic E-state index is 0.277. The van der Waals surface area contributed by atoms with Gasteiger partial charge in [0.25, 0.3) is 10.2 Å². The molecular formula is C7H7FN6O2S. The molecular weight excluding hydrogens is 251 g/mol. The molecule has 0 aliphatic rings. The van der Waals surface area contributed by atoms with Crippen molar-refractivity contribution in [2.75, 3.05) is 4.72 Å². The Morgan fingerprint density at radius 1 is 1.41 bits per heavy atom.